The lowest BCUT2D eigenvalue weighted by atomic mass is 10.2. The Morgan fingerprint density at radius 1 is 1.16 bits per heavy atom. The van der Waals surface area contributed by atoms with E-state index in [-0.39, 0.29) is 5.76 Å². The summed E-state index contributed by atoms with van der Waals surface area (Å²) in [4.78, 5) is 12.2. The summed E-state index contributed by atoms with van der Waals surface area (Å²) in [5.41, 5.74) is 6.97. The summed E-state index contributed by atoms with van der Waals surface area (Å²) in [5, 5.41) is 4.20. The van der Waals surface area contributed by atoms with Crippen LogP contribution < -0.4 is 16.2 Å². The van der Waals surface area contributed by atoms with E-state index in [2.05, 4.69) is 54.7 Å². The lowest BCUT2D eigenvalue weighted by molar-refractivity contribution is 0.0918. The zero-order valence-corrected chi connectivity index (χ0v) is 17.4. The number of furan rings is 1. The molecule has 8 heteroatoms. The third-order valence-corrected chi connectivity index (χ3v) is 4.85. The minimum Gasteiger partial charge on any atom is -0.450 e. The molecule has 0 aliphatic heterocycles. The summed E-state index contributed by atoms with van der Waals surface area (Å²) in [7, 11) is 0. The van der Waals surface area contributed by atoms with E-state index in [1.807, 2.05) is 42.5 Å². The van der Waals surface area contributed by atoms with Crippen molar-refractivity contribution in [1.82, 2.24) is 16.2 Å². The first-order valence-corrected chi connectivity index (χ1v) is 9.57. The number of hydrazine groups is 1. The van der Waals surface area contributed by atoms with Crippen LogP contribution >= 0.6 is 50.7 Å². The van der Waals surface area contributed by atoms with Gasteiger partial charge in [-0.25, -0.2) is 0 Å². The molecule has 3 aromatic rings. The maximum absolute atomic E-state index is 12.2. The Bertz CT molecular complexity index is 930. The predicted molar refractivity (Wildman–Crippen MR) is 113 cm³/mol. The van der Waals surface area contributed by atoms with Crippen LogP contribution in [0.1, 0.15) is 16.1 Å². The quantitative estimate of drug-likeness (QED) is 0.271. The smallest absolute Gasteiger partial charge is 0.305 e. The molecule has 0 saturated carbocycles. The Kier molecular flexibility index (Phi) is 5.92. The molecule has 5 nitrogen and oxygen atoms in total. The largest absolute Gasteiger partial charge is 0.450 e. The average molecular weight is 530 g/mol. The second-order valence-corrected chi connectivity index (χ2v) is 7.65. The Labute approximate surface area is 171 Å². The van der Waals surface area contributed by atoms with Crippen LogP contribution in [0.5, 0.6) is 0 Å². The van der Waals surface area contributed by atoms with Crippen molar-refractivity contribution in [2.75, 3.05) is 0 Å². The molecular weight excluding hydrogens is 517 g/mol. The van der Waals surface area contributed by atoms with Gasteiger partial charge in [-0.15, -0.1) is 0 Å². The van der Waals surface area contributed by atoms with Crippen molar-refractivity contribution in [3.63, 3.8) is 0 Å². The number of nitrogens with one attached hydrogen (secondary N) is 3. The van der Waals surface area contributed by atoms with Gasteiger partial charge in [-0.3, -0.25) is 15.6 Å². The highest BCUT2D eigenvalue weighted by molar-refractivity contribution is 14.1. The van der Waals surface area contributed by atoms with Gasteiger partial charge < -0.3 is 9.73 Å². The molecule has 0 aliphatic carbocycles. The van der Waals surface area contributed by atoms with Gasteiger partial charge in [0.25, 0.3) is 0 Å². The number of hydrogen-bond acceptors (Lipinski definition) is 3. The van der Waals surface area contributed by atoms with Crippen LogP contribution in [0.15, 0.2) is 57.4 Å². The maximum Gasteiger partial charge on any atom is 0.305 e. The number of benzene rings is 2. The van der Waals surface area contributed by atoms with E-state index in [0.717, 1.165) is 19.0 Å². The Hall–Kier alpha value is -1.65. The molecule has 2 aromatic carbocycles. The first kappa shape index (κ1) is 18.2. The fourth-order valence-electron chi connectivity index (χ4n) is 2.19. The molecule has 0 aliphatic rings. The first-order chi connectivity index (χ1) is 12.0. The fourth-order valence-corrected chi connectivity index (χ4v) is 3.97. The van der Waals surface area contributed by atoms with Crippen LogP contribution in [0, 0.1) is 3.57 Å². The summed E-state index contributed by atoms with van der Waals surface area (Å²) >= 11 is 10.7. The summed E-state index contributed by atoms with van der Waals surface area (Å²) in [6.07, 6.45) is 0. The SMILES string of the molecule is O=C(NNC(=S)NCc1ccccc1)c1cc2cc(Br)cc(I)c2o1. The number of amides is 1. The maximum atomic E-state index is 12.2. The van der Waals surface area contributed by atoms with Crippen molar-refractivity contribution in [1.29, 1.82) is 0 Å². The van der Waals surface area contributed by atoms with E-state index < -0.39 is 5.91 Å². The van der Waals surface area contributed by atoms with Gasteiger partial charge in [-0.2, -0.15) is 0 Å². The summed E-state index contributed by atoms with van der Waals surface area (Å²) < 4.78 is 7.49. The molecule has 1 heterocycles. The van der Waals surface area contributed by atoms with E-state index >= 15 is 0 Å². The van der Waals surface area contributed by atoms with E-state index in [9.17, 15) is 4.79 Å². The van der Waals surface area contributed by atoms with Gasteiger partial charge in [0.15, 0.2) is 10.9 Å². The molecule has 0 bridgehead atoms. The molecule has 0 unspecified atom stereocenters. The third kappa shape index (κ3) is 4.71. The Morgan fingerprint density at radius 2 is 1.92 bits per heavy atom. The lowest BCUT2D eigenvalue weighted by Gasteiger charge is -2.10. The van der Waals surface area contributed by atoms with E-state index in [0.29, 0.717) is 17.2 Å². The average Bonchev–Trinajstić information content (AvgIpc) is 3.03. The molecule has 0 saturated heterocycles. The van der Waals surface area contributed by atoms with Crippen molar-refractivity contribution in [2.45, 2.75) is 6.54 Å². The molecule has 25 heavy (non-hydrogen) atoms. The predicted octanol–water partition coefficient (Wildman–Crippen LogP) is 4.11. The van der Waals surface area contributed by atoms with Crippen LogP contribution in [0.2, 0.25) is 0 Å². The number of carbonyl (C=O) groups is 1. The third-order valence-electron chi connectivity index (χ3n) is 3.34. The molecule has 0 spiro atoms. The molecule has 0 fully saturated rings. The van der Waals surface area contributed by atoms with Gasteiger partial charge in [-0.05, 0) is 58.6 Å². The molecule has 0 atom stereocenters. The van der Waals surface area contributed by atoms with Crippen molar-refractivity contribution < 1.29 is 9.21 Å². The number of fused-ring (bicyclic) bond motifs is 1. The molecule has 3 rings (SSSR count). The molecule has 128 valence electrons. The van der Waals surface area contributed by atoms with Crippen LogP contribution in [0.3, 0.4) is 0 Å². The van der Waals surface area contributed by atoms with Crippen molar-refractivity contribution in [3.05, 3.63) is 67.9 Å². The highest BCUT2D eigenvalue weighted by Gasteiger charge is 2.14. The van der Waals surface area contributed by atoms with Crippen molar-refractivity contribution in [2.24, 2.45) is 0 Å². The second-order valence-electron chi connectivity index (χ2n) is 5.16. The van der Waals surface area contributed by atoms with E-state index in [1.54, 1.807) is 6.07 Å². The van der Waals surface area contributed by atoms with Crippen LogP contribution in [0.4, 0.5) is 0 Å². The Balaban J connectivity index is 1.57. The molecule has 0 radical (unpaired) electrons. The van der Waals surface area contributed by atoms with Gasteiger partial charge in [0, 0.05) is 16.4 Å². The normalized spacial score (nSPS) is 10.5. The fraction of sp³-hybridized carbons (Fsp3) is 0.0588. The summed E-state index contributed by atoms with van der Waals surface area (Å²) in [6, 6.07) is 15.4. The summed E-state index contributed by atoms with van der Waals surface area (Å²) in [5.74, 6) is -0.184. The number of rotatable bonds is 3. The first-order valence-electron chi connectivity index (χ1n) is 7.29. The van der Waals surface area contributed by atoms with E-state index in [1.165, 1.54) is 0 Å². The number of halogens is 2. The zero-order chi connectivity index (χ0) is 17.8. The van der Waals surface area contributed by atoms with Crippen molar-refractivity contribution in [3.8, 4) is 0 Å². The summed E-state index contributed by atoms with van der Waals surface area (Å²) in [6.45, 7) is 0.569. The van der Waals surface area contributed by atoms with Crippen LogP contribution in [-0.4, -0.2) is 11.0 Å². The van der Waals surface area contributed by atoms with Gasteiger partial charge >= 0.3 is 5.91 Å². The monoisotopic (exact) mass is 529 g/mol. The lowest BCUT2D eigenvalue weighted by Crippen LogP contribution is -2.46. The molecule has 3 N–H and O–H groups in total. The topological polar surface area (TPSA) is 66.3 Å². The molecule has 1 aromatic heterocycles. The van der Waals surface area contributed by atoms with Gasteiger partial charge in [0.05, 0.1) is 3.57 Å². The van der Waals surface area contributed by atoms with Gasteiger partial charge in [0.2, 0.25) is 0 Å². The zero-order valence-electron chi connectivity index (χ0n) is 12.8. The van der Waals surface area contributed by atoms with Crippen LogP contribution in [0.25, 0.3) is 11.0 Å². The molecule has 1 amide bonds. The number of thiocarbonyl (C=S) groups is 1. The van der Waals surface area contributed by atoms with Crippen LogP contribution in [-0.2, 0) is 6.54 Å². The van der Waals surface area contributed by atoms with E-state index in [4.69, 9.17) is 16.6 Å². The Morgan fingerprint density at radius 3 is 2.68 bits per heavy atom. The highest BCUT2D eigenvalue weighted by Crippen LogP contribution is 2.28. The second kappa shape index (κ2) is 8.15. The standard InChI is InChI=1S/C17H13BrIN3O2S/c18-12-6-11-7-14(24-15(11)13(19)8-12)16(23)21-22-17(25)20-9-10-4-2-1-3-5-10/h1-8H,9H2,(H,21,23)(H2,20,22,25). The minimum atomic E-state index is -0.396. The minimum absolute atomic E-state index is 0.212. The number of hydrogen-bond donors (Lipinski definition) is 3. The van der Waals surface area contributed by atoms with Gasteiger partial charge in [-0.1, -0.05) is 46.3 Å². The highest BCUT2D eigenvalue weighted by atomic mass is 127. The van der Waals surface area contributed by atoms with Gasteiger partial charge in [0.1, 0.15) is 5.58 Å². The molecular formula is C17H13BrIN3O2S. The number of carbonyl (C=O) groups excluding carboxylic acids is 1. The van der Waals surface area contributed by atoms with Crippen molar-refractivity contribution >= 4 is 72.7 Å².